The number of Topliss-reactive ketones (excluding diaryl/α,β-unsaturated/α-hetero) is 1. The minimum atomic E-state index is 0.120. The lowest BCUT2D eigenvalue weighted by Gasteiger charge is -2.17. The van der Waals surface area contributed by atoms with Gasteiger partial charge in [-0.25, -0.2) is 0 Å². The molecule has 1 aromatic carbocycles. The van der Waals surface area contributed by atoms with Gasteiger partial charge in [0.2, 0.25) is 6.79 Å². The van der Waals surface area contributed by atoms with Crippen LogP contribution in [-0.4, -0.2) is 24.8 Å². The standard InChI is InChI=1S/C16H13NO3S/c18-13(16-2-1-5-21-16)8-12-11-7-15-14(19-9-20-15)6-10(11)3-4-17-12/h1-2,5-7H,3-4,8-9H2. The summed E-state index contributed by atoms with van der Waals surface area (Å²) in [5, 5.41) is 1.92. The first-order valence-electron chi connectivity index (χ1n) is 6.84. The predicted octanol–water partition coefficient (Wildman–Crippen LogP) is 3.10. The molecule has 2 aliphatic rings. The maximum absolute atomic E-state index is 12.3. The van der Waals surface area contributed by atoms with Gasteiger partial charge in [-0.1, -0.05) is 6.07 Å². The zero-order valence-electron chi connectivity index (χ0n) is 11.3. The zero-order valence-corrected chi connectivity index (χ0v) is 12.1. The smallest absolute Gasteiger partial charge is 0.231 e. The Morgan fingerprint density at radius 2 is 2.14 bits per heavy atom. The summed E-state index contributed by atoms with van der Waals surface area (Å²) in [7, 11) is 0. The van der Waals surface area contributed by atoms with Crippen LogP contribution in [0.2, 0.25) is 0 Å². The van der Waals surface area contributed by atoms with Gasteiger partial charge in [-0.15, -0.1) is 11.3 Å². The molecular formula is C16H13NO3S. The van der Waals surface area contributed by atoms with Crippen LogP contribution in [0.15, 0.2) is 34.6 Å². The fraction of sp³-hybridized carbons (Fsp3) is 0.250. The van der Waals surface area contributed by atoms with E-state index in [2.05, 4.69) is 4.99 Å². The summed E-state index contributed by atoms with van der Waals surface area (Å²) in [5.74, 6) is 1.65. The number of aliphatic imine (C=N–C) groups is 1. The minimum absolute atomic E-state index is 0.120. The molecule has 2 aliphatic heterocycles. The molecule has 0 bridgehead atoms. The Kier molecular flexibility index (Phi) is 3.00. The van der Waals surface area contributed by atoms with Crippen LogP contribution >= 0.6 is 11.3 Å². The summed E-state index contributed by atoms with van der Waals surface area (Å²) in [6, 6.07) is 7.73. The molecule has 0 spiro atoms. The molecular weight excluding hydrogens is 286 g/mol. The lowest BCUT2D eigenvalue weighted by atomic mass is 9.94. The number of ketones is 1. The number of benzene rings is 1. The molecule has 0 saturated heterocycles. The third-order valence-electron chi connectivity index (χ3n) is 3.72. The summed E-state index contributed by atoms with van der Waals surface area (Å²) in [6.45, 7) is 0.985. The van der Waals surface area contributed by atoms with Crippen LogP contribution in [0.4, 0.5) is 0 Å². The first kappa shape index (κ1) is 12.6. The molecule has 4 nitrogen and oxygen atoms in total. The molecule has 0 fully saturated rings. The number of fused-ring (bicyclic) bond motifs is 2. The Labute approximate surface area is 126 Å². The van der Waals surface area contributed by atoms with E-state index in [9.17, 15) is 4.79 Å². The van der Waals surface area contributed by atoms with Crippen molar-refractivity contribution < 1.29 is 14.3 Å². The van der Waals surface area contributed by atoms with Gasteiger partial charge >= 0.3 is 0 Å². The second-order valence-electron chi connectivity index (χ2n) is 5.02. The summed E-state index contributed by atoms with van der Waals surface area (Å²) < 4.78 is 10.8. The summed E-state index contributed by atoms with van der Waals surface area (Å²) in [4.78, 5) is 17.6. The summed E-state index contributed by atoms with van der Waals surface area (Å²) in [6.07, 6.45) is 1.22. The third kappa shape index (κ3) is 2.23. The minimum Gasteiger partial charge on any atom is -0.454 e. The fourth-order valence-electron chi connectivity index (χ4n) is 2.68. The van der Waals surface area contributed by atoms with Crippen LogP contribution in [0.5, 0.6) is 11.5 Å². The molecule has 0 unspecified atom stereocenters. The zero-order chi connectivity index (χ0) is 14.2. The number of hydrogen-bond donors (Lipinski definition) is 0. The number of carbonyl (C=O) groups is 1. The SMILES string of the molecule is O=C(CC1=NCCc2cc3c(cc21)OCO3)c1cccs1. The molecule has 21 heavy (non-hydrogen) atoms. The van der Waals surface area contributed by atoms with Gasteiger partial charge < -0.3 is 9.47 Å². The Morgan fingerprint density at radius 3 is 2.95 bits per heavy atom. The van der Waals surface area contributed by atoms with E-state index in [0.29, 0.717) is 6.42 Å². The van der Waals surface area contributed by atoms with Crippen LogP contribution in [0.1, 0.15) is 27.2 Å². The molecule has 1 aromatic heterocycles. The maximum Gasteiger partial charge on any atom is 0.231 e. The average Bonchev–Trinajstić information content (AvgIpc) is 3.16. The molecule has 0 atom stereocenters. The van der Waals surface area contributed by atoms with Gasteiger partial charge in [0.15, 0.2) is 17.3 Å². The predicted molar refractivity (Wildman–Crippen MR) is 80.9 cm³/mol. The highest BCUT2D eigenvalue weighted by atomic mass is 32.1. The van der Waals surface area contributed by atoms with E-state index in [1.165, 1.54) is 16.9 Å². The second kappa shape index (κ2) is 5.00. The van der Waals surface area contributed by atoms with Gasteiger partial charge in [-0.05, 0) is 35.6 Å². The van der Waals surface area contributed by atoms with E-state index in [-0.39, 0.29) is 12.6 Å². The van der Waals surface area contributed by atoms with Gasteiger partial charge in [-0.3, -0.25) is 9.79 Å². The highest BCUT2D eigenvalue weighted by molar-refractivity contribution is 7.12. The molecule has 106 valence electrons. The largest absolute Gasteiger partial charge is 0.454 e. The first-order chi connectivity index (χ1) is 10.3. The number of nitrogens with zero attached hydrogens (tertiary/aromatic N) is 1. The molecule has 3 heterocycles. The van der Waals surface area contributed by atoms with Crippen molar-refractivity contribution in [1.29, 1.82) is 0 Å². The average molecular weight is 299 g/mol. The highest BCUT2D eigenvalue weighted by Gasteiger charge is 2.23. The Morgan fingerprint density at radius 1 is 1.29 bits per heavy atom. The van der Waals surface area contributed by atoms with Gasteiger partial charge in [-0.2, -0.15) is 0 Å². The molecule has 0 aliphatic carbocycles. The number of hydrogen-bond acceptors (Lipinski definition) is 5. The van der Waals surface area contributed by atoms with Crippen LogP contribution in [0.3, 0.4) is 0 Å². The van der Waals surface area contributed by atoms with Crippen molar-refractivity contribution in [3.05, 3.63) is 45.6 Å². The lowest BCUT2D eigenvalue weighted by Crippen LogP contribution is -2.16. The highest BCUT2D eigenvalue weighted by Crippen LogP contribution is 2.36. The van der Waals surface area contributed by atoms with E-state index >= 15 is 0 Å². The van der Waals surface area contributed by atoms with E-state index in [1.54, 1.807) is 0 Å². The van der Waals surface area contributed by atoms with Gasteiger partial charge in [0.1, 0.15) is 0 Å². The fourth-order valence-corrected chi connectivity index (χ4v) is 3.35. The van der Waals surface area contributed by atoms with Gasteiger partial charge in [0.05, 0.1) is 17.0 Å². The quantitative estimate of drug-likeness (QED) is 0.818. The molecule has 5 heteroatoms. The van der Waals surface area contributed by atoms with Crippen LogP contribution < -0.4 is 9.47 Å². The van der Waals surface area contributed by atoms with E-state index in [0.717, 1.165) is 40.6 Å². The molecule has 0 saturated carbocycles. The van der Waals surface area contributed by atoms with E-state index < -0.39 is 0 Å². The summed E-state index contributed by atoms with van der Waals surface area (Å²) >= 11 is 1.47. The monoisotopic (exact) mass is 299 g/mol. The van der Waals surface area contributed by atoms with Crippen molar-refractivity contribution in [2.45, 2.75) is 12.8 Å². The van der Waals surface area contributed by atoms with Crippen molar-refractivity contribution >= 4 is 22.8 Å². The Bertz CT molecular complexity index is 734. The van der Waals surface area contributed by atoms with Gasteiger partial charge in [0.25, 0.3) is 0 Å². The normalized spacial score (nSPS) is 15.5. The van der Waals surface area contributed by atoms with Crippen molar-refractivity contribution in [2.75, 3.05) is 13.3 Å². The van der Waals surface area contributed by atoms with E-state index in [4.69, 9.17) is 9.47 Å². The van der Waals surface area contributed by atoms with Crippen LogP contribution in [0, 0.1) is 0 Å². The van der Waals surface area contributed by atoms with Crippen LogP contribution in [-0.2, 0) is 6.42 Å². The molecule has 4 rings (SSSR count). The topological polar surface area (TPSA) is 47.9 Å². The first-order valence-corrected chi connectivity index (χ1v) is 7.72. The molecule has 0 amide bonds. The van der Waals surface area contributed by atoms with Crippen molar-refractivity contribution in [1.82, 2.24) is 0 Å². The van der Waals surface area contributed by atoms with E-state index in [1.807, 2.05) is 29.6 Å². The number of ether oxygens (including phenoxy) is 2. The lowest BCUT2D eigenvalue weighted by molar-refractivity contribution is 0.100. The number of thiophene rings is 1. The molecule has 0 radical (unpaired) electrons. The third-order valence-corrected chi connectivity index (χ3v) is 4.63. The molecule has 0 N–H and O–H groups in total. The van der Waals surface area contributed by atoms with Crippen molar-refractivity contribution in [2.24, 2.45) is 4.99 Å². The van der Waals surface area contributed by atoms with Gasteiger partial charge in [0, 0.05) is 12.1 Å². The Hall–Kier alpha value is -2.14. The Balaban J connectivity index is 1.66. The van der Waals surface area contributed by atoms with Crippen molar-refractivity contribution in [3.8, 4) is 11.5 Å². The van der Waals surface area contributed by atoms with Crippen LogP contribution in [0.25, 0.3) is 0 Å². The maximum atomic E-state index is 12.3. The summed E-state index contributed by atoms with van der Waals surface area (Å²) in [5.41, 5.74) is 3.06. The van der Waals surface area contributed by atoms with Crippen molar-refractivity contribution in [3.63, 3.8) is 0 Å². The second-order valence-corrected chi connectivity index (χ2v) is 5.97. The molecule has 2 aromatic rings. The number of carbonyl (C=O) groups excluding carboxylic acids is 1. The number of rotatable bonds is 3.